The summed E-state index contributed by atoms with van der Waals surface area (Å²) in [5.74, 6) is -0.619. The molecule has 5 heteroatoms. The molecule has 1 aromatic carbocycles. The van der Waals surface area contributed by atoms with Crippen LogP contribution in [0.5, 0.6) is 11.5 Å². The Labute approximate surface area is 69.9 Å². The van der Waals surface area contributed by atoms with Crippen LogP contribution in [0.25, 0.3) is 0 Å². The molecule has 0 unspecified atom stereocenters. The van der Waals surface area contributed by atoms with Crippen LogP contribution in [0.3, 0.4) is 0 Å². The number of aromatic hydroxyl groups is 2. The fourth-order valence-electron chi connectivity index (χ4n) is 0.612. The van der Waals surface area contributed by atoms with E-state index in [4.69, 9.17) is 21.7 Å². The number of hydrogen-bond donors (Lipinski definition) is 4. The molecule has 11 heavy (non-hydrogen) atoms. The summed E-state index contributed by atoms with van der Waals surface area (Å²) in [6, 6.07) is 2.70. The van der Waals surface area contributed by atoms with Gasteiger partial charge >= 0.3 is 0 Å². The molecule has 0 saturated carbocycles. The molecule has 0 aromatic heterocycles. The lowest BCUT2D eigenvalue weighted by atomic mass is 10.2. The number of rotatable bonds is 0. The first-order chi connectivity index (χ1) is 4.63. The molecule has 4 nitrogen and oxygen atoms in total. The molecule has 62 valence electrons. The minimum absolute atomic E-state index is 0. The van der Waals surface area contributed by atoms with Crippen LogP contribution in [0.15, 0.2) is 12.1 Å². The van der Waals surface area contributed by atoms with E-state index >= 15 is 0 Å². The van der Waals surface area contributed by atoms with Gasteiger partial charge in [0.15, 0.2) is 11.5 Å². The van der Waals surface area contributed by atoms with Gasteiger partial charge in [0.05, 0.1) is 5.69 Å². The highest BCUT2D eigenvalue weighted by molar-refractivity contribution is 5.85. The second kappa shape index (κ2) is 3.21. The zero-order chi connectivity index (χ0) is 7.72. The van der Waals surface area contributed by atoms with E-state index in [1.54, 1.807) is 0 Å². The highest BCUT2D eigenvalue weighted by Crippen LogP contribution is 2.34. The van der Waals surface area contributed by atoms with E-state index in [9.17, 15) is 0 Å². The second-order valence-electron chi connectivity index (χ2n) is 1.94. The first kappa shape index (κ1) is 9.71. The Bertz CT molecular complexity index is 238. The van der Waals surface area contributed by atoms with Crippen LogP contribution in [0.2, 0.25) is 0 Å². The molecule has 0 aliphatic heterocycles. The van der Waals surface area contributed by atoms with E-state index in [1.165, 1.54) is 12.1 Å². The molecular formula is C6H9ClN2O2. The van der Waals surface area contributed by atoms with E-state index in [0.29, 0.717) is 0 Å². The normalized spacial score (nSPS) is 8.73. The van der Waals surface area contributed by atoms with Crippen molar-refractivity contribution in [1.82, 2.24) is 0 Å². The Hall–Kier alpha value is -1.29. The fraction of sp³-hybridized carbons (Fsp3) is 0. The number of anilines is 2. The van der Waals surface area contributed by atoms with Gasteiger partial charge in [0.1, 0.15) is 5.69 Å². The molecule has 0 amide bonds. The van der Waals surface area contributed by atoms with Crippen molar-refractivity contribution in [1.29, 1.82) is 0 Å². The number of phenolic OH excluding ortho intramolecular Hbond substituents is 2. The molecular weight excluding hydrogens is 168 g/mol. The maximum Gasteiger partial charge on any atom is 0.183 e. The number of benzene rings is 1. The van der Waals surface area contributed by atoms with Crippen molar-refractivity contribution in [2.45, 2.75) is 0 Å². The summed E-state index contributed by atoms with van der Waals surface area (Å²) in [5, 5.41) is 17.8. The lowest BCUT2D eigenvalue weighted by molar-refractivity contribution is 0.406. The molecule has 0 atom stereocenters. The fourth-order valence-corrected chi connectivity index (χ4v) is 0.612. The van der Waals surface area contributed by atoms with Crippen molar-refractivity contribution in [2.75, 3.05) is 11.5 Å². The van der Waals surface area contributed by atoms with Gasteiger partial charge in [-0.3, -0.25) is 0 Å². The maximum atomic E-state index is 8.93. The van der Waals surface area contributed by atoms with Crippen molar-refractivity contribution in [3.05, 3.63) is 12.1 Å². The minimum Gasteiger partial charge on any atom is -0.504 e. The molecule has 0 aliphatic rings. The average Bonchev–Trinajstić information content (AvgIpc) is 1.93. The average molecular weight is 177 g/mol. The van der Waals surface area contributed by atoms with E-state index < -0.39 is 0 Å². The molecule has 0 bridgehead atoms. The van der Waals surface area contributed by atoms with Gasteiger partial charge in [-0.15, -0.1) is 12.4 Å². The minimum atomic E-state index is -0.361. The van der Waals surface area contributed by atoms with Gasteiger partial charge in [-0.2, -0.15) is 0 Å². The van der Waals surface area contributed by atoms with E-state index in [2.05, 4.69) is 0 Å². The molecule has 0 saturated heterocycles. The highest BCUT2D eigenvalue weighted by Gasteiger charge is 2.04. The van der Waals surface area contributed by atoms with Crippen molar-refractivity contribution in [3.63, 3.8) is 0 Å². The lowest BCUT2D eigenvalue weighted by Gasteiger charge is -2.02. The van der Waals surface area contributed by atoms with Gasteiger partial charge in [0, 0.05) is 0 Å². The zero-order valence-electron chi connectivity index (χ0n) is 5.61. The van der Waals surface area contributed by atoms with Gasteiger partial charge in [-0.05, 0) is 12.1 Å². The molecule has 0 spiro atoms. The van der Waals surface area contributed by atoms with Gasteiger partial charge in [0.25, 0.3) is 0 Å². The van der Waals surface area contributed by atoms with Crippen molar-refractivity contribution in [2.24, 2.45) is 0 Å². The number of nitrogens with two attached hydrogens (primary N) is 2. The molecule has 1 aromatic rings. The third-order valence-corrected chi connectivity index (χ3v) is 1.23. The quantitative estimate of drug-likeness (QED) is 0.266. The molecule has 0 heterocycles. The van der Waals surface area contributed by atoms with Gasteiger partial charge in [-0.25, -0.2) is 0 Å². The monoisotopic (exact) mass is 176 g/mol. The maximum absolute atomic E-state index is 8.93. The van der Waals surface area contributed by atoms with Crippen LogP contribution in [-0.2, 0) is 0 Å². The SMILES string of the molecule is Cl.Nc1ccc(O)c(O)c1N. The zero-order valence-corrected chi connectivity index (χ0v) is 6.43. The number of halogens is 1. The Morgan fingerprint density at radius 2 is 1.64 bits per heavy atom. The Balaban J connectivity index is 0.000001000. The summed E-state index contributed by atoms with van der Waals surface area (Å²) >= 11 is 0. The van der Waals surface area contributed by atoms with Crippen LogP contribution in [0.4, 0.5) is 11.4 Å². The lowest BCUT2D eigenvalue weighted by Crippen LogP contribution is -1.93. The number of nitrogen functional groups attached to an aromatic ring is 2. The largest absolute Gasteiger partial charge is 0.504 e. The first-order valence-electron chi connectivity index (χ1n) is 2.69. The second-order valence-corrected chi connectivity index (χ2v) is 1.94. The first-order valence-corrected chi connectivity index (χ1v) is 2.69. The van der Waals surface area contributed by atoms with Crippen LogP contribution in [0.1, 0.15) is 0 Å². The van der Waals surface area contributed by atoms with Gasteiger partial charge in [-0.1, -0.05) is 0 Å². The molecule has 0 radical (unpaired) electrons. The summed E-state index contributed by atoms with van der Waals surface area (Å²) in [6.45, 7) is 0. The number of hydrogen-bond acceptors (Lipinski definition) is 4. The van der Waals surface area contributed by atoms with Crippen molar-refractivity contribution < 1.29 is 10.2 Å². The van der Waals surface area contributed by atoms with Crippen LogP contribution < -0.4 is 11.5 Å². The molecule has 6 N–H and O–H groups in total. The smallest absolute Gasteiger partial charge is 0.183 e. The van der Waals surface area contributed by atoms with Crippen LogP contribution >= 0.6 is 12.4 Å². The highest BCUT2D eigenvalue weighted by atomic mass is 35.5. The van der Waals surface area contributed by atoms with Crippen LogP contribution in [-0.4, -0.2) is 10.2 Å². The predicted molar refractivity (Wildman–Crippen MR) is 45.8 cm³/mol. The third-order valence-electron chi connectivity index (χ3n) is 1.23. The van der Waals surface area contributed by atoms with E-state index in [0.717, 1.165) is 0 Å². The topological polar surface area (TPSA) is 92.5 Å². The molecule has 0 aliphatic carbocycles. The summed E-state index contributed by atoms with van der Waals surface area (Å²) in [4.78, 5) is 0. The Kier molecular flexibility index (Phi) is 2.83. The Morgan fingerprint density at radius 1 is 1.09 bits per heavy atom. The van der Waals surface area contributed by atoms with Crippen molar-refractivity contribution >= 4 is 23.8 Å². The number of phenols is 2. The summed E-state index contributed by atoms with van der Waals surface area (Å²) in [5.41, 5.74) is 10.8. The predicted octanol–water partition coefficient (Wildman–Crippen LogP) is 0.684. The third kappa shape index (κ3) is 1.59. The summed E-state index contributed by atoms with van der Waals surface area (Å²) < 4.78 is 0. The standard InChI is InChI=1S/C6H8N2O2.ClH/c7-3-1-2-4(9)6(10)5(3)8;/h1-2,9-10H,7-8H2;1H. The van der Waals surface area contributed by atoms with Crippen molar-refractivity contribution in [3.8, 4) is 11.5 Å². The molecule has 0 fully saturated rings. The van der Waals surface area contributed by atoms with E-state index in [-0.39, 0.29) is 35.3 Å². The van der Waals surface area contributed by atoms with Gasteiger partial charge < -0.3 is 21.7 Å². The molecule has 1 rings (SSSR count). The summed E-state index contributed by atoms with van der Waals surface area (Å²) in [6.07, 6.45) is 0. The summed E-state index contributed by atoms with van der Waals surface area (Å²) in [7, 11) is 0. The van der Waals surface area contributed by atoms with Crippen LogP contribution in [0, 0.1) is 0 Å². The van der Waals surface area contributed by atoms with E-state index in [1.807, 2.05) is 0 Å². The Morgan fingerprint density at radius 3 is 2.09 bits per heavy atom. The van der Waals surface area contributed by atoms with Gasteiger partial charge in [0.2, 0.25) is 0 Å².